The first-order valence-electron chi connectivity index (χ1n) is 0.493. The van der Waals surface area contributed by atoms with Crippen LogP contribution in [0.1, 0.15) is 0 Å². The van der Waals surface area contributed by atoms with E-state index in [-0.39, 0.29) is 0 Å². The molecule has 2 radical (unpaired) electrons. The molecule has 0 aromatic carbocycles. The molecule has 0 atom stereocenters. The van der Waals surface area contributed by atoms with Gasteiger partial charge in [-0.05, 0) is 0 Å². The Morgan fingerprint density at radius 2 is 1.25 bits per heavy atom. The topological polar surface area (TPSA) is 0 Å². The van der Waals surface area contributed by atoms with E-state index >= 15 is 0 Å². The summed E-state index contributed by atoms with van der Waals surface area (Å²) in [5, 5.41) is 0. The Morgan fingerprint density at radius 3 is 1.25 bits per heavy atom. The number of rotatable bonds is 0. The van der Waals surface area contributed by atoms with Crippen LogP contribution < -0.4 is 0 Å². The minimum absolute atomic E-state index is 0.958. The predicted molar refractivity (Wildman–Crippen MR) is 20.9 cm³/mol. The second kappa shape index (κ2) is 20.9. The molecule has 4 heteroatoms. The molecule has 0 saturated heterocycles. The van der Waals surface area contributed by atoms with Gasteiger partial charge in [-0.1, -0.05) is 0 Å². The third-order valence-electron chi connectivity index (χ3n) is 0. The van der Waals surface area contributed by atoms with E-state index in [0.29, 0.717) is 0 Å². The molecule has 0 aromatic heterocycles. The van der Waals surface area contributed by atoms with Crippen LogP contribution >= 0.6 is 19.4 Å². The fraction of sp³-hybridized carbons (Fsp3) is 0. The minimum atomic E-state index is 0.958. The van der Waals surface area contributed by atoms with Gasteiger partial charge >= 0.3 is 56.5 Å². The Bertz CT molecular complexity index is 8.00. The molecule has 0 unspecified atom stereocenters. The van der Waals surface area contributed by atoms with Crippen molar-refractivity contribution in [2.45, 2.75) is 0 Å². The maximum absolute atomic E-state index is 4.21. The van der Waals surface area contributed by atoms with Crippen LogP contribution in [0.25, 0.3) is 0 Å². The van der Waals surface area contributed by atoms with Crippen molar-refractivity contribution < 1.29 is 16.6 Å². The monoisotopic (exact) mass is 248 g/mol. The van der Waals surface area contributed by atoms with Gasteiger partial charge in [-0.2, -0.15) is 0 Å². The standard InChI is InChI=1S/2S.Sn.Zn. The van der Waals surface area contributed by atoms with E-state index < -0.39 is 0 Å². The van der Waals surface area contributed by atoms with Crippen molar-refractivity contribution in [3.8, 4) is 0 Å². The van der Waals surface area contributed by atoms with Crippen molar-refractivity contribution in [3.63, 3.8) is 0 Å². The molecular weight excluding hydrogens is 248 g/mol. The van der Waals surface area contributed by atoms with E-state index in [1.54, 1.807) is 0 Å². The molecule has 0 heterocycles. The van der Waals surface area contributed by atoms with Crippen LogP contribution in [0.2, 0.25) is 0 Å². The zero-order valence-corrected chi connectivity index (χ0v) is 9.48. The van der Waals surface area contributed by atoms with Crippen molar-refractivity contribution in [1.82, 2.24) is 0 Å². The molecule has 0 aliphatic rings. The second-order valence-corrected chi connectivity index (χ2v) is 0. The van der Waals surface area contributed by atoms with Gasteiger partial charge in [0.2, 0.25) is 0 Å². The Balaban J connectivity index is 0. The van der Waals surface area contributed by atoms with Crippen LogP contribution in [0.4, 0.5) is 0 Å². The third kappa shape index (κ3) is 9.12. The van der Waals surface area contributed by atoms with Gasteiger partial charge in [0.15, 0.2) is 0 Å². The molecular formula is S2SnZn. The molecule has 0 aromatic rings. The normalized spacial score (nSPS) is 2.50. The molecule has 4 heavy (non-hydrogen) atoms. The molecule has 0 N–H and O–H groups in total. The SMILES string of the molecule is [S]=[Sn].[S]=[Zn]. The Kier molecular flexibility index (Phi) is 48.6. The van der Waals surface area contributed by atoms with Crippen molar-refractivity contribution in [2.75, 3.05) is 0 Å². The molecule has 0 aliphatic carbocycles. The Labute approximate surface area is 55.9 Å². The molecule has 18 valence electrons. The first-order chi connectivity index (χ1) is 2.00. The van der Waals surface area contributed by atoms with Crippen molar-refractivity contribution in [3.05, 3.63) is 0 Å². The number of hydrogen-bond acceptors (Lipinski definition) is 2. The van der Waals surface area contributed by atoms with Crippen LogP contribution in [0, 0.1) is 0 Å². The van der Waals surface area contributed by atoms with Gasteiger partial charge < -0.3 is 0 Å². The summed E-state index contributed by atoms with van der Waals surface area (Å²) >= 11 is 2.09. The first kappa shape index (κ1) is 9.29. The summed E-state index contributed by atoms with van der Waals surface area (Å²) < 4.78 is 0. The molecule has 0 amide bonds. The van der Waals surface area contributed by atoms with Gasteiger partial charge in [0.05, 0.1) is 0 Å². The van der Waals surface area contributed by atoms with E-state index in [0.717, 1.165) is 37.1 Å². The van der Waals surface area contributed by atoms with Crippen LogP contribution in [0.3, 0.4) is 0 Å². The molecule has 0 fully saturated rings. The van der Waals surface area contributed by atoms with Crippen LogP contribution in [-0.2, 0) is 16.6 Å². The fourth-order valence-electron chi connectivity index (χ4n) is 0. The summed E-state index contributed by atoms with van der Waals surface area (Å²) in [6.45, 7) is 0. The molecule has 0 aliphatic heterocycles. The molecule has 0 saturated carbocycles. The van der Waals surface area contributed by atoms with E-state index in [1.165, 1.54) is 0 Å². The average Bonchev–Trinajstić information content (AvgIpc) is 1.50. The van der Waals surface area contributed by atoms with Gasteiger partial charge in [0, 0.05) is 0 Å². The summed E-state index contributed by atoms with van der Waals surface area (Å²) in [4.78, 5) is 0. The first-order valence-corrected chi connectivity index (χ1v) is 8.61. The summed E-state index contributed by atoms with van der Waals surface area (Å²) in [5.74, 6) is 0. The van der Waals surface area contributed by atoms with E-state index in [9.17, 15) is 0 Å². The second-order valence-electron chi connectivity index (χ2n) is 0. The zero-order chi connectivity index (χ0) is 4.00. The van der Waals surface area contributed by atoms with E-state index in [4.69, 9.17) is 0 Å². The van der Waals surface area contributed by atoms with Crippen molar-refractivity contribution in [1.29, 1.82) is 0 Å². The van der Waals surface area contributed by atoms with Gasteiger partial charge in [-0.15, -0.1) is 0 Å². The van der Waals surface area contributed by atoms with Crippen LogP contribution in [0.15, 0.2) is 0 Å². The molecule has 0 bridgehead atoms. The van der Waals surface area contributed by atoms with E-state index in [2.05, 4.69) is 19.4 Å². The zero-order valence-electron chi connectivity index (χ0n) is 2.02. The summed E-state index contributed by atoms with van der Waals surface area (Å²) in [5.41, 5.74) is 0. The van der Waals surface area contributed by atoms with Gasteiger partial charge in [0.25, 0.3) is 0 Å². The van der Waals surface area contributed by atoms with E-state index in [1.807, 2.05) is 0 Å². The molecule has 0 spiro atoms. The van der Waals surface area contributed by atoms with Crippen molar-refractivity contribution in [2.24, 2.45) is 0 Å². The Morgan fingerprint density at radius 1 is 1.25 bits per heavy atom. The van der Waals surface area contributed by atoms with Crippen LogP contribution in [0.5, 0.6) is 0 Å². The summed E-state index contributed by atoms with van der Waals surface area (Å²) in [7, 11) is 8.38. The van der Waals surface area contributed by atoms with Gasteiger partial charge in [-0.25, -0.2) is 0 Å². The fourth-order valence-corrected chi connectivity index (χ4v) is 0. The maximum atomic E-state index is 4.21. The number of hydrogen-bond donors (Lipinski definition) is 0. The van der Waals surface area contributed by atoms with Gasteiger partial charge in [-0.3, -0.25) is 0 Å². The quantitative estimate of drug-likeness (QED) is 0.585. The van der Waals surface area contributed by atoms with Crippen molar-refractivity contribution >= 4 is 40.0 Å². The summed E-state index contributed by atoms with van der Waals surface area (Å²) in [6.07, 6.45) is 0. The summed E-state index contributed by atoms with van der Waals surface area (Å²) in [6, 6.07) is 0. The predicted octanol–water partition coefficient (Wildman–Crippen LogP) is 0.913. The molecule has 0 nitrogen and oxygen atoms in total. The molecule has 0 rings (SSSR count). The Hall–Kier alpha value is 1.86. The average molecular weight is 248 g/mol. The van der Waals surface area contributed by atoms with Gasteiger partial charge in [0.1, 0.15) is 0 Å². The van der Waals surface area contributed by atoms with Crippen LogP contribution in [-0.4, -0.2) is 20.6 Å². The third-order valence-corrected chi connectivity index (χ3v) is 0.